The molecule has 3 aromatic rings. The van der Waals surface area contributed by atoms with Crippen molar-refractivity contribution < 1.29 is 4.79 Å². The van der Waals surface area contributed by atoms with Crippen molar-refractivity contribution >= 4 is 32.6 Å². The Hall–Kier alpha value is -2.38. The van der Waals surface area contributed by atoms with E-state index in [2.05, 4.69) is 27.0 Å². The maximum atomic E-state index is 12.6. The topological polar surface area (TPSA) is 56.6 Å². The molecule has 0 aliphatic rings. The number of aromatic nitrogens is 1. The summed E-state index contributed by atoms with van der Waals surface area (Å²) >= 11 is 3.40. The van der Waals surface area contributed by atoms with Gasteiger partial charge in [-0.25, -0.2) is 0 Å². The van der Waals surface area contributed by atoms with Gasteiger partial charge in [0.15, 0.2) is 5.78 Å². The fourth-order valence-electron chi connectivity index (χ4n) is 2.17. The van der Waals surface area contributed by atoms with E-state index in [-0.39, 0.29) is 5.78 Å². The molecule has 0 aliphatic heterocycles. The molecule has 0 unspecified atom stereocenters. The third-order valence-corrected chi connectivity index (χ3v) is 3.87. The van der Waals surface area contributed by atoms with E-state index in [1.54, 1.807) is 30.5 Å². The van der Waals surface area contributed by atoms with Gasteiger partial charge in [0.25, 0.3) is 0 Å². The number of benzene rings is 2. The number of aromatic amines is 1. The van der Waals surface area contributed by atoms with Crippen molar-refractivity contribution in [3.05, 3.63) is 69.8 Å². The van der Waals surface area contributed by atoms with E-state index in [1.807, 2.05) is 18.2 Å². The van der Waals surface area contributed by atoms with Gasteiger partial charge < -0.3 is 4.98 Å². The monoisotopic (exact) mass is 324 g/mol. The molecule has 0 bridgehead atoms. The maximum absolute atomic E-state index is 12.6. The highest BCUT2D eigenvalue weighted by molar-refractivity contribution is 9.10. The van der Waals surface area contributed by atoms with Crippen molar-refractivity contribution in [2.75, 3.05) is 0 Å². The molecule has 1 heterocycles. The number of rotatable bonds is 2. The van der Waals surface area contributed by atoms with E-state index < -0.39 is 0 Å². The zero-order valence-corrected chi connectivity index (χ0v) is 11.9. The van der Waals surface area contributed by atoms with Crippen LogP contribution in [0.3, 0.4) is 0 Å². The van der Waals surface area contributed by atoms with Gasteiger partial charge in [0.1, 0.15) is 0 Å². The third kappa shape index (κ3) is 2.02. The lowest BCUT2D eigenvalue weighted by Gasteiger charge is -2.02. The summed E-state index contributed by atoms with van der Waals surface area (Å²) in [5.41, 5.74) is 2.59. The molecule has 20 heavy (non-hydrogen) atoms. The standard InChI is InChI=1S/C16H9BrN2O/c17-14-4-2-1-3-12(14)16(20)13-9-19-15-7-10(8-18)5-6-11(13)15/h1-7,9,19H. The fraction of sp³-hybridized carbons (Fsp3) is 0. The number of fused-ring (bicyclic) bond motifs is 1. The number of halogens is 1. The van der Waals surface area contributed by atoms with E-state index in [4.69, 9.17) is 5.26 Å². The summed E-state index contributed by atoms with van der Waals surface area (Å²) in [5, 5.41) is 9.71. The molecule has 0 radical (unpaired) electrons. The molecule has 0 saturated carbocycles. The van der Waals surface area contributed by atoms with Gasteiger partial charge in [-0.1, -0.05) is 34.1 Å². The van der Waals surface area contributed by atoms with E-state index in [9.17, 15) is 4.79 Å². The molecule has 0 aliphatic carbocycles. The second-order valence-electron chi connectivity index (χ2n) is 4.38. The molecule has 0 amide bonds. The van der Waals surface area contributed by atoms with Crippen LogP contribution in [-0.2, 0) is 0 Å². The molecule has 2 aromatic carbocycles. The van der Waals surface area contributed by atoms with Gasteiger partial charge in [-0.3, -0.25) is 4.79 Å². The number of nitriles is 1. The van der Waals surface area contributed by atoms with Gasteiger partial charge in [0.05, 0.1) is 11.6 Å². The number of nitrogens with zero attached hydrogens (tertiary/aromatic N) is 1. The van der Waals surface area contributed by atoms with Crippen LogP contribution >= 0.6 is 15.9 Å². The Balaban J connectivity index is 2.14. The summed E-state index contributed by atoms with van der Waals surface area (Å²) in [6, 6.07) is 14.7. The second kappa shape index (κ2) is 4.95. The van der Waals surface area contributed by atoms with Crippen molar-refractivity contribution in [3.63, 3.8) is 0 Å². The quantitative estimate of drug-likeness (QED) is 0.723. The number of carbonyl (C=O) groups excluding carboxylic acids is 1. The molecular weight excluding hydrogens is 316 g/mol. The van der Waals surface area contributed by atoms with Crippen LogP contribution in [-0.4, -0.2) is 10.8 Å². The molecule has 0 atom stereocenters. The highest BCUT2D eigenvalue weighted by Crippen LogP contribution is 2.25. The van der Waals surface area contributed by atoms with E-state index >= 15 is 0 Å². The minimum Gasteiger partial charge on any atom is -0.360 e. The number of ketones is 1. The smallest absolute Gasteiger partial charge is 0.196 e. The Morgan fingerprint density at radius 2 is 1.95 bits per heavy atom. The van der Waals surface area contributed by atoms with Crippen LogP contribution in [0.2, 0.25) is 0 Å². The summed E-state index contributed by atoms with van der Waals surface area (Å²) in [4.78, 5) is 15.6. The minimum atomic E-state index is -0.0477. The molecular formula is C16H9BrN2O. The Morgan fingerprint density at radius 1 is 1.15 bits per heavy atom. The lowest BCUT2D eigenvalue weighted by molar-refractivity contribution is 0.103. The molecule has 0 spiro atoms. The summed E-state index contributed by atoms with van der Waals surface area (Å²) in [7, 11) is 0. The van der Waals surface area contributed by atoms with Gasteiger partial charge >= 0.3 is 0 Å². The van der Waals surface area contributed by atoms with Crippen molar-refractivity contribution in [3.8, 4) is 6.07 Å². The second-order valence-corrected chi connectivity index (χ2v) is 5.24. The number of nitrogens with one attached hydrogen (secondary N) is 1. The number of carbonyl (C=O) groups is 1. The summed E-state index contributed by atoms with van der Waals surface area (Å²) < 4.78 is 0.771. The summed E-state index contributed by atoms with van der Waals surface area (Å²) in [6.07, 6.45) is 1.69. The molecule has 1 aromatic heterocycles. The Morgan fingerprint density at radius 3 is 2.70 bits per heavy atom. The number of H-pyrrole nitrogens is 1. The number of hydrogen-bond donors (Lipinski definition) is 1. The average molecular weight is 325 g/mol. The Kier molecular flexibility index (Phi) is 3.13. The molecule has 96 valence electrons. The Labute approximate surface area is 124 Å². The first-order valence-corrected chi connectivity index (χ1v) is 6.80. The Bertz CT molecular complexity index is 858. The van der Waals surface area contributed by atoms with Gasteiger partial charge in [0.2, 0.25) is 0 Å². The molecule has 3 nitrogen and oxygen atoms in total. The van der Waals surface area contributed by atoms with Gasteiger partial charge in [-0.2, -0.15) is 5.26 Å². The highest BCUT2D eigenvalue weighted by Gasteiger charge is 2.16. The van der Waals surface area contributed by atoms with Gasteiger partial charge in [-0.05, 0) is 24.3 Å². The van der Waals surface area contributed by atoms with Crippen LogP contribution in [0.1, 0.15) is 21.5 Å². The fourth-order valence-corrected chi connectivity index (χ4v) is 2.64. The molecule has 0 fully saturated rings. The highest BCUT2D eigenvalue weighted by atomic mass is 79.9. The van der Waals surface area contributed by atoms with Crippen LogP contribution in [0.5, 0.6) is 0 Å². The van der Waals surface area contributed by atoms with E-state index in [1.165, 1.54) is 0 Å². The normalized spacial score (nSPS) is 10.4. The first kappa shape index (κ1) is 12.6. The lowest BCUT2D eigenvalue weighted by atomic mass is 10.0. The minimum absolute atomic E-state index is 0.0477. The van der Waals surface area contributed by atoms with Crippen molar-refractivity contribution in [1.29, 1.82) is 5.26 Å². The van der Waals surface area contributed by atoms with Crippen molar-refractivity contribution in [2.45, 2.75) is 0 Å². The molecule has 1 N–H and O–H groups in total. The third-order valence-electron chi connectivity index (χ3n) is 3.17. The van der Waals surface area contributed by atoms with Crippen LogP contribution < -0.4 is 0 Å². The summed E-state index contributed by atoms with van der Waals surface area (Å²) in [6.45, 7) is 0. The van der Waals surface area contributed by atoms with Crippen molar-refractivity contribution in [2.24, 2.45) is 0 Å². The van der Waals surface area contributed by atoms with Crippen LogP contribution in [0.25, 0.3) is 10.9 Å². The molecule has 3 rings (SSSR count). The van der Waals surface area contributed by atoms with Crippen LogP contribution in [0, 0.1) is 11.3 Å². The first-order chi connectivity index (χ1) is 9.70. The summed E-state index contributed by atoms with van der Waals surface area (Å²) in [5.74, 6) is -0.0477. The van der Waals surface area contributed by atoms with E-state index in [0.717, 1.165) is 15.4 Å². The largest absolute Gasteiger partial charge is 0.360 e. The maximum Gasteiger partial charge on any atom is 0.196 e. The van der Waals surface area contributed by atoms with Crippen LogP contribution in [0.4, 0.5) is 0 Å². The van der Waals surface area contributed by atoms with Crippen molar-refractivity contribution in [1.82, 2.24) is 4.98 Å². The zero-order chi connectivity index (χ0) is 14.1. The lowest BCUT2D eigenvalue weighted by Crippen LogP contribution is -2.01. The van der Waals surface area contributed by atoms with Gasteiger partial charge in [-0.15, -0.1) is 0 Å². The number of hydrogen-bond acceptors (Lipinski definition) is 2. The average Bonchev–Trinajstić information content (AvgIpc) is 2.90. The van der Waals surface area contributed by atoms with Gasteiger partial charge in [0, 0.05) is 32.7 Å². The SMILES string of the molecule is N#Cc1ccc2c(C(=O)c3ccccc3Br)c[nH]c2c1. The van der Waals surface area contributed by atoms with Crippen LogP contribution in [0.15, 0.2) is 53.1 Å². The molecule has 0 saturated heterocycles. The predicted octanol–water partition coefficient (Wildman–Crippen LogP) is 4.03. The first-order valence-electron chi connectivity index (χ1n) is 6.01. The molecule has 4 heteroatoms. The zero-order valence-electron chi connectivity index (χ0n) is 10.4. The van der Waals surface area contributed by atoms with E-state index in [0.29, 0.717) is 16.7 Å². The predicted molar refractivity (Wildman–Crippen MR) is 80.6 cm³/mol.